The molecule has 0 aliphatic heterocycles. The van der Waals surface area contributed by atoms with E-state index < -0.39 is 22.1 Å². The highest BCUT2D eigenvalue weighted by atomic mass is 32.2. The van der Waals surface area contributed by atoms with E-state index in [0.717, 1.165) is 25.5 Å². The Morgan fingerprint density at radius 3 is 2.44 bits per heavy atom. The topological polar surface area (TPSA) is 112 Å². The van der Waals surface area contributed by atoms with Crippen LogP contribution < -0.4 is 9.46 Å². The first-order valence-corrected chi connectivity index (χ1v) is 9.83. The number of amides is 1. The zero-order valence-electron chi connectivity index (χ0n) is 14.8. The third kappa shape index (κ3) is 6.37. The van der Waals surface area contributed by atoms with Gasteiger partial charge in [0.1, 0.15) is 0 Å². The van der Waals surface area contributed by atoms with E-state index in [-0.39, 0.29) is 22.9 Å². The van der Waals surface area contributed by atoms with Gasteiger partial charge in [0.25, 0.3) is 15.9 Å². The number of nitrogens with one attached hydrogen (secondary N) is 1. The van der Waals surface area contributed by atoms with Crippen LogP contribution in [0.5, 0.6) is 5.88 Å². The molecular formula is C18H20N2O6S. The van der Waals surface area contributed by atoms with E-state index in [1.807, 2.05) is 11.6 Å². The number of ether oxygens (including phenoxy) is 2. The van der Waals surface area contributed by atoms with Crippen molar-refractivity contribution in [3.63, 3.8) is 0 Å². The number of carbonyl (C=O) groups is 2. The Balaban J connectivity index is 1.92. The molecule has 1 heterocycles. The van der Waals surface area contributed by atoms with Crippen LogP contribution in [0.25, 0.3) is 0 Å². The lowest BCUT2D eigenvalue weighted by atomic mass is 10.3. The van der Waals surface area contributed by atoms with E-state index >= 15 is 0 Å². The number of hydrogen-bond acceptors (Lipinski definition) is 7. The molecule has 0 aliphatic carbocycles. The Labute approximate surface area is 157 Å². The van der Waals surface area contributed by atoms with Gasteiger partial charge in [-0.15, -0.1) is 0 Å². The third-order valence-electron chi connectivity index (χ3n) is 3.43. The molecular weight excluding hydrogens is 372 g/mol. The molecule has 1 N–H and O–H groups in total. The highest BCUT2D eigenvalue weighted by Crippen LogP contribution is 2.11. The van der Waals surface area contributed by atoms with Crippen molar-refractivity contribution in [3.05, 3.63) is 54.2 Å². The number of carbonyl (C=O) groups excluding carboxylic acids is 2. The minimum Gasteiger partial charge on any atom is -0.434 e. The SMILES string of the molecule is CCCCCOC(=O)Oc1ccc(C(=O)NS(=O)(=O)c2ccccc2)cn1. The molecule has 1 amide bonds. The fourth-order valence-electron chi connectivity index (χ4n) is 2.04. The van der Waals surface area contributed by atoms with E-state index in [0.29, 0.717) is 0 Å². The Morgan fingerprint density at radius 2 is 1.81 bits per heavy atom. The average molecular weight is 392 g/mol. The summed E-state index contributed by atoms with van der Waals surface area (Å²) in [4.78, 5) is 27.4. The monoisotopic (exact) mass is 392 g/mol. The second-order valence-electron chi connectivity index (χ2n) is 5.54. The van der Waals surface area contributed by atoms with Crippen molar-refractivity contribution in [2.45, 2.75) is 31.1 Å². The molecule has 0 fully saturated rings. The van der Waals surface area contributed by atoms with Crippen LogP contribution in [0.4, 0.5) is 4.79 Å². The van der Waals surface area contributed by atoms with E-state index in [9.17, 15) is 18.0 Å². The fraction of sp³-hybridized carbons (Fsp3) is 0.278. The minimum atomic E-state index is -3.98. The highest BCUT2D eigenvalue weighted by Gasteiger charge is 2.19. The third-order valence-corrected chi connectivity index (χ3v) is 4.78. The van der Waals surface area contributed by atoms with Gasteiger partial charge in [0.05, 0.1) is 17.1 Å². The van der Waals surface area contributed by atoms with E-state index in [2.05, 4.69) is 4.98 Å². The highest BCUT2D eigenvalue weighted by molar-refractivity contribution is 7.90. The molecule has 27 heavy (non-hydrogen) atoms. The first-order chi connectivity index (χ1) is 12.9. The van der Waals surface area contributed by atoms with Gasteiger partial charge in [0, 0.05) is 12.3 Å². The summed E-state index contributed by atoms with van der Waals surface area (Å²) in [5.74, 6) is -0.905. The predicted octanol–water partition coefficient (Wildman–Crippen LogP) is 2.91. The number of sulfonamides is 1. The molecule has 2 rings (SSSR count). The Bertz CT molecular complexity index is 866. The van der Waals surface area contributed by atoms with E-state index in [1.165, 1.54) is 24.3 Å². The second kappa shape index (κ2) is 9.67. The molecule has 144 valence electrons. The Morgan fingerprint density at radius 1 is 1.07 bits per heavy atom. The summed E-state index contributed by atoms with van der Waals surface area (Å²) >= 11 is 0. The zero-order chi connectivity index (χ0) is 19.7. The maximum Gasteiger partial charge on any atom is 0.515 e. The largest absolute Gasteiger partial charge is 0.515 e. The van der Waals surface area contributed by atoms with Crippen LogP contribution in [-0.2, 0) is 14.8 Å². The molecule has 0 saturated carbocycles. The molecule has 0 radical (unpaired) electrons. The van der Waals surface area contributed by atoms with Gasteiger partial charge in [-0.2, -0.15) is 0 Å². The maximum absolute atomic E-state index is 12.1. The minimum absolute atomic E-state index is 0.00170. The van der Waals surface area contributed by atoms with Gasteiger partial charge in [-0.05, 0) is 24.6 Å². The predicted molar refractivity (Wildman–Crippen MR) is 96.8 cm³/mol. The number of unbranched alkanes of at least 4 members (excludes halogenated alkanes) is 2. The summed E-state index contributed by atoms with van der Waals surface area (Å²) in [6, 6.07) is 10.1. The summed E-state index contributed by atoms with van der Waals surface area (Å²) in [5, 5.41) is 0. The van der Waals surface area contributed by atoms with E-state index in [4.69, 9.17) is 9.47 Å². The Kier molecular flexibility index (Phi) is 7.30. The van der Waals surface area contributed by atoms with Crippen molar-refractivity contribution < 1.29 is 27.5 Å². The van der Waals surface area contributed by atoms with E-state index in [1.54, 1.807) is 18.2 Å². The molecule has 0 unspecified atom stereocenters. The molecule has 0 spiro atoms. The molecule has 2 aromatic rings. The molecule has 1 aromatic heterocycles. The lowest BCUT2D eigenvalue weighted by Gasteiger charge is -2.07. The van der Waals surface area contributed by atoms with Crippen molar-refractivity contribution in [3.8, 4) is 5.88 Å². The lowest BCUT2D eigenvalue weighted by Crippen LogP contribution is -2.30. The van der Waals surface area contributed by atoms with Crippen molar-refractivity contribution in [2.75, 3.05) is 6.61 Å². The summed E-state index contributed by atoms with van der Waals surface area (Å²) in [5.41, 5.74) is -0.00170. The molecule has 0 aliphatic rings. The molecule has 8 nitrogen and oxygen atoms in total. The van der Waals surface area contributed by atoms with Crippen molar-refractivity contribution in [2.24, 2.45) is 0 Å². The molecule has 0 atom stereocenters. The summed E-state index contributed by atoms with van der Waals surface area (Å²) in [6.45, 7) is 2.29. The maximum atomic E-state index is 12.1. The smallest absolute Gasteiger partial charge is 0.434 e. The Hall–Kier alpha value is -2.94. The normalized spacial score (nSPS) is 10.9. The first kappa shape index (κ1) is 20.4. The van der Waals surface area contributed by atoms with Crippen molar-refractivity contribution in [1.29, 1.82) is 0 Å². The standard InChI is InChI=1S/C18H20N2O6S/c1-2-3-7-12-25-18(22)26-16-11-10-14(13-19-16)17(21)20-27(23,24)15-8-5-4-6-9-15/h4-6,8-11,13H,2-3,7,12H2,1H3,(H,20,21). The van der Waals surface area contributed by atoms with Crippen LogP contribution >= 0.6 is 0 Å². The van der Waals surface area contributed by atoms with Crippen LogP contribution in [0.1, 0.15) is 36.5 Å². The molecule has 1 aromatic carbocycles. The molecule has 0 saturated heterocycles. The fourth-order valence-corrected chi connectivity index (χ4v) is 3.03. The number of hydrogen-bond donors (Lipinski definition) is 1. The van der Waals surface area contributed by atoms with Gasteiger partial charge in [0.15, 0.2) is 0 Å². The first-order valence-electron chi connectivity index (χ1n) is 8.35. The number of rotatable bonds is 8. The van der Waals surface area contributed by atoms with Crippen molar-refractivity contribution in [1.82, 2.24) is 9.71 Å². The number of nitrogens with zero attached hydrogens (tertiary/aromatic N) is 1. The van der Waals surface area contributed by atoms with Crippen LogP contribution in [0, 0.1) is 0 Å². The second-order valence-corrected chi connectivity index (χ2v) is 7.22. The molecule has 9 heteroatoms. The van der Waals surface area contributed by atoms with Crippen LogP contribution in [0.15, 0.2) is 53.6 Å². The zero-order valence-corrected chi connectivity index (χ0v) is 15.6. The molecule has 0 bridgehead atoms. The van der Waals surface area contributed by atoms with Crippen LogP contribution in [0.3, 0.4) is 0 Å². The summed E-state index contributed by atoms with van der Waals surface area (Å²) in [6.07, 6.45) is 2.91. The van der Waals surface area contributed by atoms with Gasteiger partial charge >= 0.3 is 6.16 Å². The summed E-state index contributed by atoms with van der Waals surface area (Å²) in [7, 11) is -3.98. The summed E-state index contributed by atoms with van der Waals surface area (Å²) < 4.78 is 36.0. The van der Waals surface area contributed by atoms with Gasteiger partial charge in [0.2, 0.25) is 5.88 Å². The lowest BCUT2D eigenvalue weighted by molar-refractivity contribution is 0.0959. The number of pyridine rings is 1. The van der Waals surface area contributed by atoms with Gasteiger partial charge in [-0.3, -0.25) is 4.79 Å². The number of benzene rings is 1. The van der Waals surface area contributed by atoms with Gasteiger partial charge < -0.3 is 9.47 Å². The van der Waals surface area contributed by atoms with Crippen molar-refractivity contribution >= 4 is 22.1 Å². The quantitative estimate of drug-likeness (QED) is 0.543. The number of aromatic nitrogens is 1. The van der Waals surface area contributed by atoms with Crippen LogP contribution in [-0.4, -0.2) is 32.1 Å². The average Bonchev–Trinajstić information content (AvgIpc) is 2.66. The van der Waals surface area contributed by atoms with Gasteiger partial charge in [-0.1, -0.05) is 38.0 Å². The van der Waals surface area contributed by atoms with Crippen LogP contribution in [0.2, 0.25) is 0 Å². The van der Waals surface area contributed by atoms with Gasteiger partial charge in [-0.25, -0.2) is 22.9 Å².